The van der Waals surface area contributed by atoms with E-state index in [1.165, 1.54) is 17.0 Å². The van der Waals surface area contributed by atoms with E-state index in [1.807, 2.05) is 48.7 Å². The number of thiazole rings is 1. The number of amides is 1. The predicted octanol–water partition coefficient (Wildman–Crippen LogP) is 5.15. The maximum atomic E-state index is 12.7. The molecule has 1 N–H and O–H groups in total. The van der Waals surface area contributed by atoms with Crippen molar-refractivity contribution in [1.82, 2.24) is 4.98 Å². The van der Waals surface area contributed by atoms with E-state index in [0.717, 1.165) is 40.7 Å². The first kappa shape index (κ1) is 20.9. The summed E-state index contributed by atoms with van der Waals surface area (Å²) in [5, 5.41) is 5.72. The minimum atomic E-state index is -0.180. The average Bonchev–Trinajstić information content (AvgIpc) is 3.20. The van der Waals surface area contributed by atoms with Crippen LogP contribution in [0.15, 0.2) is 47.8 Å². The highest BCUT2D eigenvalue weighted by Crippen LogP contribution is 2.24. The molecular formula is C23H27N3O2S. The molecule has 29 heavy (non-hydrogen) atoms. The summed E-state index contributed by atoms with van der Waals surface area (Å²) in [5.41, 5.74) is 4.61. The highest BCUT2D eigenvalue weighted by molar-refractivity contribution is 7.09. The minimum Gasteiger partial charge on any atom is -0.497 e. The Labute approximate surface area is 176 Å². The van der Waals surface area contributed by atoms with Crippen molar-refractivity contribution in [2.75, 3.05) is 30.4 Å². The molecule has 0 radical (unpaired) electrons. The second kappa shape index (κ2) is 9.56. The van der Waals surface area contributed by atoms with E-state index in [9.17, 15) is 4.79 Å². The molecule has 6 heteroatoms. The lowest BCUT2D eigenvalue weighted by atomic mass is 10.1. The number of anilines is 2. The van der Waals surface area contributed by atoms with E-state index in [0.29, 0.717) is 12.1 Å². The van der Waals surface area contributed by atoms with Gasteiger partial charge < -0.3 is 15.0 Å². The van der Waals surface area contributed by atoms with Gasteiger partial charge in [-0.3, -0.25) is 4.79 Å². The van der Waals surface area contributed by atoms with Crippen molar-refractivity contribution in [2.45, 2.75) is 27.2 Å². The zero-order valence-electron chi connectivity index (χ0n) is 17.4. The topological polar surface area (TPSA) is 54.5 Å². The number of ether oxygens (including phenoxy) is 1. The van der Waals surface area contributed by atoms with Crippen LogP contribution >= 0.6 is 11.3 Å². The fourth-order valence-electron chi connectivity index (χ4n) is 3.17. The minimum absolute atomic E-state index is 0.180. The van der Waals surface area contributed by atoms with Crippen molar-refractivity contribution in [2.24, 2.45) is 0 Å². The van der Waals surface area contributed by atoms with Gasteiger partial charge in [-0.05, 0) is 62.2 Å². The van der Waals surface area contributed by atoms with Gasteiger partial charge in [0, 0.05) is 36.3 Å². The van der Waals surface area contributed by atoms with E-state index < -0.39 is 0 Å². The molecule has 0 saturated carbocycles. The van der Waals surface area contributed by atoms with Gasteiger partial charge in [0.15, 0.2) is 0 Å². The van der Waals surface area contributed by atoms with Crippen LogP contribution in [0.1, 0.15) is 40.5 Å². The summed E-state index contributed by atoms with van der Waals surface area (Å²) in [5.74, 6) is 0.649. The number of hydrogen-bond donors (Lipinski definition) is 1. The van der Waals surface area contributed by atoms with E-state index in [-0.39, 0.29) is 5.91 Å². The van der Waals surface area contributed by atoms with E-state index in [1.54, 1.807) is 7.11 Å². The van der Waals surface area contributed by atoms with Gasteiger partial charge in [0.1, 0.15) is 11.4 Å². The maximum Gasteiger partial charge on any atom is 0.275 e. The largest absolute Gasteiger partial charge is 0.497 e. The highest BCUT2D eigenvalue weighted by Gasteiger charge is 2.13. The normalized spacial score (nSPS) is 10.6. The number of carbonyl (C=O) groups excluding carboxylic acids is 1. The highest BCUT2D eigenvalue weighted by atomic mass is 32.1. The number of hydrogen-bond acceptors (Lipinski definition) is 5. The molecule has 0 bridgehead atoms. The van der Waals surface area contributed by atoms with Gasteiger partial charge in [0.2, 0.25) is 0 Å². The molecule has 0 aliphatic heterocycles. The molecule has 3 aromatic rings. The van der Waals surface area contributed by atoms with Crippen LogP contribution in [-0.4, -0.2) is 31.1 Å². The third kappa shape index (κ3) is 5.15. The molecule has 1 aromatic heterocycles. The van der Waals surface area contributed by atoms with Crippen LogP contribution in [0.3, 0.4) is 0 Å². The molecule has 0 saturated heterocycles. The van der Waals surface area contributed by atoms with E-state index in [2.05, 4.69) is 35.1 Å². The summed E-state index contributed by atoms with van der Waals surface area (Å²) in [6.45, 7) is 8.20. The lowest BCUT2D eigenvalue weighted by Gasteiger charge is -2.22. The number of rotatable bonds is 8. The van der Waals surface area contributed by atoms with Gasteiger partial charge in [0.05, 0.1) is 12.1 Å². The summed E-state index contributed by atoms with van der Waals surface area (Å²) in [6.07, 6.45) is 0.694. The molecule has 1 amide bonds. The fraction of sp³-hybridized carbons (Fsp3) is 0.304. The summed E-state index contributed by atoms with van der Waals surface area (Å²) in [7, 11) is 1.65. The maximum absolute atomic E-state index is 12.7. The molecule has 0 atom stereocenters. The van der Waals surface area contributed by atoms with Gasteiger partial charge in [-0.15, -0.1) is 11.3 Å². The molecule has 0 fully saturated rings. The first-order valence-corrected chi connectivity index (χ1v) is 10.7. The quantitative estimate of drug-likeness (QED) is 0.559. The van der Waals surface area contributed by atoms with Crippen molar-refractivity contribution in [1.29, 1.82) is 0 Å². The molecule has 0 aliphatic carbocycles. The molecule has 5 nitrogen and oxygen atoms in total. The monoisotopic (exact) mass is 409 g/mol. The third-order valence-corrected chi connectivity index (χ3v) is 5.73. The number of nitrogens with one attached hydrogen (secondary N) is 1. The van der Waals surface area contributed by atoms with Crippen molar-refractivity contribution in [3.05, 3.63) is 69.7 Å². The molecule has 1 heterocycles. The van der Waals surface area contributed by atoms with Crippen LogP contribution in [-0.2, 0) is 6.42 Å². The lowest BCUT2D eigenvalue weighted by molar-refractivity contribution is 0.102. The summed E-state index contributed by atoms with van der Waals surface area (Å²) >= 11 is 1.50. The summed E-state index contributed by atoms with van der Waals surface area (Å²) < 4.78 is 5.19. The number of methoxy groups -OCH3 is 1. The molecule has 2 aromatic carbocycles. The molecular weight excluding hydrogens is 382 g/mol. The van der Waals surface area contributed by atoms with Gasteiger partial charge in [-0.1, -0.05) is 12.1 Å². The fourth-order valence-corrected chi connectivity index (χ4v) is 3.98. The summed E-state index contributed by atoms with van der Waals surface area (Å²) in [6, 6.07) is 14.0. The Hall–Kier alpha value is -2.86. The second-order valence-corrected chi connectivity index (χ2v) is 7.72. The third-order valence-electron chi connectivity index (χ3n) is 4.89. The first-order valence-electron chi connectivity index (χ1n) is 9.78. The molecule has 0 aliphatic rings. The van der Waals surface area contributed by atoms with Crippen molar-refractivity contribution < 1.29 is 9.53 Å². The summed E-state index contributed by atoms with van der Waals surface area (Å²) in [4.78, 5) is 19.4. The molecule has 0 spiro atoms. The van der Waals surface area contributed by atoms with Crippen LogP contribution in [0.2, 0.25) is 0 Å². The first-order chi connectivity index (χ1) is 14.0. The van der Waals surface area contributed by atoms with Crippen molar-refractivity contribution in [3.8, 4) is 5.75 Å². The SMILES string of the molecule is CCN(CC)c1ccc(NC(=O)c2csc(Cc3ccc(OC)cc3)n2)c(C)c1. The lowest BCUT2D eigenvalue weighted by Crippen LogP contribution is -2.22. The number of aromatic nitrogens is 1. The number of carbonyl (C=O) groups is 1. The van der Waals surface area contributed by atoms with Gasteiger partial charge in [-0.25, -0.2) is 4.98 Å². The van der Waals surface area contributed by atoms with Crippen LogP contribution in [0.5, 0.6) is 5.75 Å². The van der Waals surface area contributed by atoms with Crippen LogP contribution in [0.4, 0.5) is 11.4 Å². The Morgan fingerprint density at radius 1 is 1.14 bits per heavy atom. The van der Waals surface area contributed by atoms with Crippen LogP contribution in [0.25, 0.3) is 0 Å². The number of nitrogens with zero attached hydrogens (tertiary/aromatic N) is 2. The zero-order valence-corrected chi connectivity index (χ0v) is 18.2. The van der Waals surface area contributed by atoms with Crippen LogP contribution in [0, 0.1) is 6.92 Å². The van der Waals surface area contributed by atoms with Gasteiger partial charge in [-0.2, -0.15) is 0 Å². The number of aryl methyl sites for hydroxylation is 1. The Morgan fingerprint density at radius 3 is 2.48 bits per heavy atom. The van der Waals surface area contributed by atoms with E-state index in [4.69, 9.17) is 4.74 Å². The average molecular weight is 410 g/mol. The molecule has 0 unspecified atom stereocenters. The molecule has 152 valence electrons. The standard InChI is InChI=1S/C23H27N3O2S/c1-5-26(6-2)18-9-12-20(16(3)13-18)25-23(27)21-15-29-22(24-21)14-17-7-10-19(28-4)11-8-17/h7-13,15H,5-6,14H2,1-4H3,(H,25,27). The molecule has 3 rings (SSSR count). The Morgan fingerprint density at radius 2 is 1.86 bits per heavy atom. The van der Waals surface area contributed by atoms with Crippen molar-refractivity contribution in [3.63, 3.8) is 0 Å². The van der Waals surface area contributed by atoms with E-state index >= 15 is 0 Å². The van der Waals surface area contributed by atoms with Gasteiger partial charge in [0.25, 0.3) is 5.91 Å². The Kier molecular flexibility index (Phi) is 6.88. The smallest absolute Gasteiger partial charge is 0.275 e. The predicted molar refractivity (Wildman–Crippen MR) is 121 cm³/mol. The van der Waals surface area contributed by atoms with Crippen LogP contribution < -0.4 is 15.0 Å². The Bertz CT molecular complexity index is 963. The Balaban J connectivity index is 1.67. The number of benzene rings is 2. The van der Waals surface area contributed by atoms with Crippen molar-refractivity contribution >= 4 is 28.6 Å². The second-order valence-electron chi connectivity index (χ2n) is 6.78. The zero-order chi connectivity index (χ0) is 20.8. The van der Waals surface area contributed by atoms with Gasteiger partial charge >= 0.3 is 0 Å².